The molecule has 34 heavy (non-hydrogen) atoms. The Morgan fingerprint density at radius 3 is 2.32 bits per heavy atom. The second kappa shape index (κ2) is 9.89. The van der Waals surface area contributed by atoms with Crippen LogP contribution in [0.3, 0.4) is 0 Å². The summed E-state index contributed by atoms with van der Waals surface area (Å²) in [5.41, 5.74) is 2.49. The number of phenols is 2. The average molecular weight is 461 g/mol. The summed E-state index contributed by atoms with van der Waals surface area (Å²) in [4.78, 5) is 12.7. The maximum Gasteiger partial charge on any atom is 0.204 e. The van der Waals surface area contributed by atoms with Gasteiger partial charge >= 0.3 is 0 Å². The zero-order valence-electron chi connectivity index (χ0n) is 19.5. The molecule has 176 valence electrons. The van der Waals surface area contributed by atoms with E-state index in [1.54, 1.807) is 0 Å². The first-order valence-corrected chi connectivity index (χ1v) is 11.1. The molecule has 7 nitrogen and oxygen atoms in total. The molecule has 0 unspecified atom stereocenters. The number of anilines is 1. The van der Waals surface area contributed by atoms with Crippen LogP contribution in [0.5, 0.6) is 17.2 Å². The Labute approximate surface area is 198 Å². The van der Waals surface area contributed by atoms with Crippen LogP contribution in [0.4, 0.5) is 5.69 Å². The third-order valence-electron chi connectivity index (χ3n) is 5.76. The normalized spacial score (nSPS) is 11.2. The predicted molar refractivity (Wildman–Crippen MR) is 133 cm³/mol. The van der Waals surface area contributed by atoms with Gasteiger partial charge in [-0.1, -0.05) is 37.3 Å². The molecule has 7 heteroatoms. The average Bonchev–Trinajstić information content (AvgIpc) is 2.84. The molecular formula is C27H28N2O5. The van der Waals surface area contributed by atoms with Gasteiger partial charge in [-0.15, -0.1) is 0 Å². The van der Waals surface area contributed by atoms with Gasteiger partial charge in [-0.05, 0) is 36.2 Å². The molecule has 4 aromatic rings. The first kappa shape index (κ1) is 23.2. The van der Waals surface area contributed by atoms with E-state index in [0.717, 1.165) is 31.3 Å². The summed E-state index contributed by atoms with van der Waals surface area (Å²) in [5.74, 6) is -0.358. The topological polar surface area (TPSA) is 86.4 Å². The van der Waals surface area contributed by atoms with Gasteiger partial charge in [0.25, 0.3) is 0 Å². The second-order valence-corrected chi connectivity index (χ2v) is 8.07. The monoisotopic (exact) mass is 460 g/mol. The first-order chi connectivity index (χ1) is 16.4. The number of hydrogen-bond donors (Lipinski definition) is 2. The lowest BCUT2D eigenvalue weighted by Gasteiger charge is -2.33. The molecule has 0 aliphatic rings. The van der Waals surface area contributed by atoms with Gasteiger partial charge < -0.3 is 24.4 Å². The summed E-state index contributed by atoms with van der Waals surface area (Å²) in [6.45, 7) is 3.85. The summed E-state index contributed by atoms with van der Waals surface area (Å²) in [5, 5.41) is 24.6. The van der Waals surface area contributed by atoms with Crippen molar-refractivity contribution in [2.45, 2.75) is 19.9 Å². The third kappa shape index (κ3) is 4.56. The molecule has 1 heterocycles. The van der Waals surface area contributed by atoms with E-state index in [0.29, 0.717) is 11.3 Å². The van der Waals surface area contributed by atoms with Crippen molar-refractivity contribution in [3.05, 3.63) is 82.5 Å². The highest BCUT2D eigenvalue weighted by Gasteiger charge is 2.19. The summed E-state index contributed by atoms with van der Waals surface area (Å²) >= 11 is 0. The van der Waals surface area contributed by atoms with Crippen molar-refractivity contribution in [2.75, 3.05) is 25.7 Å². The minimum absolute atomic E-state index is 0.000627. The predicted octanol–water partition coefficient (Wildman–Crippen LogP) is 5.14. The van der Waals surface area contributed by atoms with Crippen LogP contribution in [0.25, 0.3) is 22.3 Å². The van der Waals surface area contributed by atoms with Crippen molar-refractivity contribution >= 4 is 16.7 Å². The molecule has 0 radical (unpaired) electrons. The lowest BCUT2D eigenvalue weighted by atomic mass is 10.1. The lowest BCUT2D eigenvalue weighted by molar-refractivity contribution is 0.256. The van der Waals surface area contributed by atoms with E-state index in [-0.39, 0.29) is 28.2 Å². The lowest BCUT2D eigenvalue weighted by Crippen LogP contribution is -2.40. The Balaban J connectivity index is 1.66. The molecule has 1 aromatic heterocycles. The number of fused-ring (bicyclic) bond motifs is 1. The van der Waals surface area contributed by atoms with Crippen LogP contribution in [0.2, 0.25) is 0 Å². The molecule has 0 aliphatic heterocycles. The number of benzene rings is 3. The second-order valence-electron chi connectivity index (χ2n) is 8.07. The van der Waals surface area contributed by atoms with Crippen LogP contribution in [-0.4, -0.2) is 35.9 Å². The molecular weight excluding hydrogens is 432 g/mol. The summed E-state index contributed by atoms with van der Waals surface area (Å²) in [7, 11) is 3.39. The molecule has 0 amide bonds. The number of phenolic OH excluding ortho intramolecular Hbond substituents is 2. The minimum Gasteiger partial charge on any atom is -0.507 e. The van der Waals surface area contributed by atoms with Gasteiger partial charge in [0.05, 0.1) is 12.8 Å². The van der Waals surface area contributed by atoms with Gasteiger partial charge in [-0.3, -0.25) is 4.79 Å². The number of hydrogen-bond acceptors (Lipinski definition) is 7. The van der Waals surface area contributed by atoms with Crippen molar-refractivity contribution in [3.63, 3.8) is 0 Å². The molecule has 0 saturated heterocycles. The molecule has 3 aromatic carbocycles. The van der Waals surface area contributed by atoms with E-state index in [2.05, 4.69) is 29.1 Å². The van der Waals surface area contributed by atoms with Crippen LogP contribution >= 0.6 is 0 Å². The van der Waals surface area contributed by atoms with Gasteiger partial charge in [0.1, 0.15) is 16.9 Å². The summed E-state index contributed by atoms with van der Waals surface area (Å²) in [6.07, 6.45) is 1.01. The maximum atomic E-state index is 12.7. The van der Waals surface area contributed by atoms with E-state index < -0.39 is 5.43 Å². The zero-order chi connectivity index (χ0) is 24.2. The van der Waals surface area contributed by atoms with Crippen LogP contribution in [-0.2, 0) is 6.54 Å². The molecule has 4 rings (SSSR count). The molecule has 2 N–H and O–H groups in total. The maximum absolute atomic E-state index is 12.7. The minimum atomic E-state index is -0.426. The van der Waals surface area contributed by atoms with Crippen LogP contribution in [0.1, 0.15) is 18.9 Å². The van der Waals surface area contributed by atoms with Crippen molar-refractivity contribution in [1.82, 2.24) is 5.01 Å². The molecule has 0 aliphatic carbocycles. The fraction of sp³-hybridized carbons (Fsp3) is 0.222. The number of rotatable bonds is 8. The van der Waals surface area contributed by atoms with Crippen LogP contribution < -0.4 is 15.2 Å². The number of hydrazine groups is 1. The Morgan fingerprint density at radius 1 is 0.971 bits per heavy atom. The number of aromatic hydroxyl groups is 2. The van der Waals surface area contributed by atoms with Gasteiger partial charge in [-0.25, -0.2) is 5.01 Å². The van der Waals surface area contributed by atoms with E-state index >= 15 is 0 Å². The van der Waals surface area contributed by atoms with Crippen molar-refractivity contribution in [3.8, 4) is 28.6 Å². The fourth-order valence-corrected chi connectivity index (χ4v) is 4.01. The quantitative estimate of drug-likeness (QED) is 0.352. The van der Waals surface area contributed by atoms with E-state index in [1.807, 2.05) is 49.5 Å². The fourth-order valence-electron chi connectivity index (χ4n) is 4.01. The Hall–Kier alpha value is -3.97. The number of methoxy groups -OCH3 is 1. The van der Waals surface area contributed by atoms with E-state index in [4.69, 9.17) is 9.15 Å². The van der Waals surface area contributed by atoms with E-state index in [9.17, 15) is 15.0 Å². The van der Waals surface area contributed by atoms with Crippen molar-refractivity contribution in [2.24, 2.45) is 0 Å². The zero-order valence-corrected chi connectivity index (χ0v) is 19.5. The van der Waals surface area contributed by atoms with Gasteiger partial charge in [-0.2, -0.15) is 0 Å². The smallest absolute Gasteiger partial charge is 0.204 e. The Bertz CT molecular complexity index is 1330. The number of nitrogens with zero attached hydrogens (tertiary/aromatic N) is 2. The van der Waals surface area contributed by atoms with Gasteiger partial charge in [0.15, 0.2) is 16.8 Å². The highest BCUT2D eigenvalue weighted by Crippen LogP contribution is 2.40. The largest absolute Gasteiger partial charge is 0.507 e. The van der Waals surface area contributed by atoms with E-state index in [1.165, 1.54) is 18.7 Å². The van der Waals surface area contributed by atoms with Crippen LogP contribution in [0, 0.1) is 0 Å². The molecule has 0 spiro atoms. The summed E-state index contributed by atoms with van der Waals surface area (Å²) in [6, 6.07) is 20.4. The van der Waals surface area contributed by atoms with Gasteiger partial charge in [0.2, 0.25) is 5.75 Å². The highest BCUT2D eigenvalue weighted by atomic mass is 16.5. The number of ether oxygens (including phenoxy) is 1. The Kier molecular flexibility index (Phi) is 6.75. The van der Waals surface area contributed by atoms with Crippen molar-refractivity contribution in [1.29, 1.82) is 0 Å². The SMILES string of the molecule is CCCN(Cc1ccccc1)N(C)c1ccc(-c2cc(=O)c3c(O)cc(O)c(OC)c3o2)cc1. The third-order valence-corrected chi connectivity index (χ3v) is 5.76. The van der Waals surface area contributed by atoms with Crippen molar-refractivity contribution < 1.29 is 19.4 Å². The highest BCUT2D eigenvalue weighted by molar-refractivity contribution is 5.91. The first-order valence-electron chi connectivity index (χ1n) is 11.1. The molecule has 0 fully saturated rings. The van der Waals surface area contributed by atoms with Gasteiger partial charge in [0, 0.05) is 37.8 Å². The summed E-state index contributed by atoms with van der Waals surface area (Å²) < 4.78 is 11.1. The van der Waals surface area contributed by atoms with Crippen LogP contribution in [0.15, 0.2) is 75.9 Å². The molecule has 0 bridgehead atoms. The standard InChI is InChI=1S/C27H28N2O5/c1-4-14-29(17-18-8-6-5-7-9-18)28(2)20-12-10-19(11-13-20)24-16-22(31)25-21(30)15-23(32)26(33-3)27(25)34-24/h5-13,15-16,30,32H,4,14,17H2,1-3H3. The molecule has 0 atom stereocenters. The molecule has 0 saturated carbocycles. The Morgan fingerprint density at radius 2 is 1.68 bits per heavy atom.